The number of phenols is 1. The molecule has 1 aromatic carbocycles. The van der Waals surface area contributed by atoms with Crippen molar-refractivity contribution in [1.29, 1.82) is 0 Å². The third-order valence-corrected chi connectivity index (χ3v) is 4.15. The van der Waals surface area contributed by atoms with Crippen molar-refractivity contribution in [2.45, 2.75) is 38.8 Å². The molecule has 1 saturated heterocycles. The molecule has 0 aromatic heterocycles. The highest BCUT2D eigenvalue weighted by Gasteiger charge is 2.27. The van der Waals surface area contributed by atoms with Crippen molar-refractivity contribution in [1.82, 2.24) is 10.2 Å². The smallest absolute Gasteiger partial charge is 0.239 e. The summed E-state index contributed by atoms with van der Waals surface area (Å²) in [6, 6.07) is 7.04. The van der Waals surface area contributed by atoms with E-state index in [9.17, 15) is 9.90 Å². The third-order valence-electron chi connectivity index (χ3n) is 4.15. The van der Waals surface area contributed by atoms with Gasteiger partial charge < -0.3 is 14.7 Å². The number of phenolic OH excluding ortho intramolecular Hbond substituents is 1. The van der Waals surface area contributed by atoms with Crippen molar-refractivity contribution >= 4 is 5.91 Å². The van der Waals surface area contributed by atoms with Crippen molar-refractivity contribution in [3.8, 4) is 5.75 Å². The normalized spacial score (nSPS) is 18.0. The maximum absolute atomic E-state index is 12.6. The van der Waals surface area contributed by atoms with Gasteiger partial charge in [0.2, 0.25) is 5.91 Å². The topological polar surface area (TPSA) is 61.8 Å². The summed E-state index contributed by atoms with van der Waals surface area (Å²) >= 11 is 0. The summed E-state index contributed by atoms with van der Waals surface area (Å²) in [5.41, 5.74) is 0.846. The number of para-hydroxylation sites is 1. The molecule has 2 rings (SSSR count). The van der Waals surface area contributed by atoms with Gasteiger partial charge in [-0.1, -0.05) is 32.0 Å². The van der Waals surface area contributed by atoms with Crippen LogP contribution in [0.3, 0.4) is 0 Å². The number of rotatable bonds is 6. The Hall–Kier alpha value is -1.59. The van der Waals surface area contributed by atoms with E-state index in [4.69, 9.17) is 4.74 Å². The highest BCUT2D eigenvalue weighted by Crippen LogP contribution is 2.26. The Morgan fingerprint density at radius 3 is 2.55 bits per heavy atom. The fourth-order valence-corrected chi connectivity index (χ4v) is 2.82. The molecule has 22 heavy (non-hydrogen) atoms. The Morgan fingerprint density at radius 2 is 1.95 bits per heavy atom. The maximum Gasteiger partial charge on any atom is 0.239 e. The number of ether oxygens (including phenoxy) is 1. The molecule has 0 unspecified atom stereocenters. The van der Waals surface area contributed by atoms with Gasteiger partial charge in [0.05, 0.1) is 19.3 Å². The number of morpholine rings is 1. The molecule has 1 heterocycles. The molecule has 0 bridgehead atoms. The second-order valence-corrected chi connectivity index (χ2v) is 5.58. The van der Waals surface area contributed by atoms with Gasteiger partial charge in [-0.15, -0.1) is 0 Å². The van der Waals surface area contributed by atoms with Gasteiger partial charge >= 0.3 is 0 Å². The van der Waals surface area contributed by atoms with E-state index in [1.54, 1.807) is 6.07 Å². The average molecular weight is 306 g/mol. The van der Waals surface area contributed by atoms with E-state index in [2.05, 4.69) is 12.2 Å². The summed E-state index contributed by atoms with van der Waals surface area (Å²) in [7, 11) is 0. The van der Waals surface area contributed by atoms with Crippen LogP contribution in [0, 0.1) is 0 Å². The van der Waals surface area contributed by atoms with Gasteiger partial charge in [-0.05, 0) is 18.9 Å². The minimum atomic E-state index is -0.234. The Balaban J connectivity index is 2.07. The molecule has 5 nitrogen and oxygen atoms in total. The van der Waals surface area contributed by atoms with Crippen molar-refractivity contribution in [2.24, 2.45) is 0 Å². The van der Waals surface area contributed by atoms with Gasteiger partial charge in [0.25, 0.3) is 0 Å². The predicted octanol–water partition coefficient (Wildman–Crippen LogP) is 2.07. The van der Waals surface area contributed by atoms with Crippen molar-refractivity contribution < 1.29 is 14.6 Å². The van der Waals surface area contributed by atoms with Crippen molar-refractivity contribution in [2.75, 3.05) is 26.3 Å². The number of benzene rings is 1. The molecule has 122 valence electrons. The van der Waals surface area contributed by atoms with Crippen LogP contribution in [0.4, 0.5) is 0 Å². The van der Waals surface area contributed by atoms with E-state index >= 15 is 0 Å². The van der Waals surface area contributed by atoms with E-state index in [1.807, 2.05) is 30.0 Å². The molecule has 1 aliphatic rings. The Morgan fingerprint density at radius 1 is 1.27 bits per heavy atom. The molecule has 0 spiro atoms. The number of carbonyl (C=O) groups excluding carboxylic acids is 1. The average Bonchev–Trinajstić information content (AvgIpc) is 2.57. The number of hydrogen-bond donors (Lipinski definition) is 2. The molecule has 0 aliphatic carbocycles. The van der Waals surface area contributed by atoms with Gasteiger partial charge in [-0.25, -0.2) is 0 Å². The van der Waals surface area contributed by atoms with Crippen LogP contribution in [-0.2, 0) is 9.53 Å². The molecule has 1 aliphatic heterocycles. The van der Waals surface area contributed by atoms with Gasteiger partial charge in [0.15, 0.2) is 0 Å². The zero-order valence-corrected chi connectivity index (χ0v) is 13.4. The molecule has 2 N–H and O–H groups in total. The fraction of sp³-hybridized carbons (Fsp3) is 0.588. The van der Waals surface area contributed by atoms with Gasteiger partial charge in [0, 0.05) is 24.7 Å². The van der Waals surface area contributed by atoms with Crippen LogP contribution in [0.15, 0.2) is 24.3 Å². The van der Waals surface area contributed by atoms with E-state index < -0.39 is 0 Å². The van der Waals surface area contributed by atoms with E-state index in [-0.39, 0.29) is 23.7 Å². The zero-order chi connectivity index (χ0) is 15.9. The second-order valence-electron chi connectivity index (χ2n) is 5.58. The standard InChI is InChI=1S/C17H26N2O3/c1-3-14(13-7-5-6-8-16(13)20)18-15(4-2)17(21)19-9-11-22-12-10-19/h5-8,14-15,18,20H,3-4,9-12H2,1-2H3/t14-,15+/m1/s1. The maximum atomic E-state index is 12.6. The van der Waals surface area contributed by atoms with Gasteiger partial charge in [-0.3, -0.25) is 10.1 Å². The van der Waals surface area contributed by atoms with Crippen LogP contribution in [0.2, 0.25) is 0 Å². The number of nitrogens with zero attached hydrogens (tertiary/aromatic N) is 1. The molecule has 0 saturated carbocycles. The van der Waals surface area contributed by atoms with Crippen LogP contribution in [0.25, 0.3) is 0 Å². The van der Waals surface area contributed by atoms with Gasteiger partial charge in [-0.2, -0.15) is 0 Å². The molecular weight excluding hydrogens is 280 g/mol. The summed E-state index contributed by atoms with van der Waals surface area (Å²) in [5.74, 6) is 0.398. The van der Waals surface area contributed by atoms with Crippen LogP contribution >= 0.6 is 0 Å². The number of nitrogens with one attached hydrogen (secondary N) is 1. The second kappa shape index (κ2) is 8.15. The predicted molar refractivity (Wildman–Crippen MR) is 85.8 cm³/mol. The zero-order valence-electron chi connectivity index (χ0n) is 13.4. The van der Waals surface area contributed by atoms with E-state index in [0.717, 1.165) is 18.4 Å². The first kappa shape index (κ1) is 16.8. The number of aromatic hydroxyl groups is 1. The molecule has 1 aromatic rings. The summed E-state index contributed by atoms with van der Waals surface area (Å²) in [4.78, 5) is 14.5. The van der Waals surface area contributed by atoms with E-state index in [1.165, 1.54) is 0 Å². The first-order valence-corrected chi connectivity index (χ1v) is 8.07. The summed E-state index contributed by atoms with van der Waals surface area (Å²) in [6.45, 7) is 6.59. The lowest BCUT2D eigenvalue weighted by atomic mass is 10.0. The first-order valence-electron chi connectivity index (χ1n) is 8.07. The Kier molecular flexibility index (Phi) is 6.21. The number of amides is 1. The molecule has 2 atom stereocenters. The molecule has 5 heteroatoms. The van der Waals surface area contributed by atoms with Crippen LogP contribution < -0.4 is 5.32 Å². The molecular formula is C17H26N2O3. The van der Waals surface area contributed by atoms with Crippen LogP contribution in [-0.4, -0.2) is 48.3 Å². The van der Waals surface area contributed by atoms with Crippen LogP contribution in [0.1, 0.15) is 38.3 Å². The first-order chi connectivity index (χ1) is 10.7. The van der Waals surface area contributed by atoms with Crippen molar-refractivity contribution in [3.63, 3.8) is 0 Å². The fourth-order valence-electron chi connectivity index (χ4n) is 2.82. The Labute approximate surface area is 132 Å². The SMILES string of the molecule is CC[C@H](N[C@H](CC)c1ccccc1O)C(=O)N1CCOCC1. The third kappa shape index (κ3) is 3.99. The quantitative estimate of drug-likeness (QED) is 0.844. The molecule has 1 fully saturated rings. The largest absolute Gasteiger partial charge is 0.508 e. The summed E-state index contributed by atoms with van der Waals surface area (Å²) < 4.78 is 5.30. The van der Waals surface area contributed by atoms with Crippen molar-refractivity contribution in [3.05, 3.63) is 29.8 Å². The molecule has 0 radical (unpaired) electrons. The summed E-state index contributed by atoms with van der Waals surface area (Å²) in [5, 5.41) is 13.4. The van der Waals surface area contributed by atoms with Crippen LogP contribution in [0.5, 0.6) is 5.75 Å². The lowest BCUT2D eigenvalue weighted by molar-refractivity contribution is -0.137. The highest BCUT2D eigenvalue weighted by atomic mass is 16.5. The monoisotopic (exact) mass is 306 g/mol. The lowest BCUT2D eigenvalue weighted by Gasteiger charge is -2.32. The minimum Gasteiger partial charge on any atom is -0.508 e. The number of hydrogen-bond acceptors (Lipinski definition) is 4. The summed E-state index contributed by atoms with van der Waals surface area (Å²) in [6.07, 6.45) is 1.53. The molecule has 1 amide bonds. The number of carbonyl (C=O) groups is 1. The van der Waals surface area contributed by atoms with E-state index in [0.29, 0.717) is 26.3 Å². The Bertz CT molecular complexity index is 487. The highest BCUT2D eigenvalue weighted by molar-refractivity contribution is 5.82. The minimum absolute atomic E-state index is 0.0314. The van der Waals surface area contributed by atoms with Gasteiger partial charge in [0.1, 0.15) is 5.75 Å². The lowest BCUT2D eigenvalue weighted by Crippen LogP contribution is -2.50.